The third-order valence-corrected chi connectivity index (χ3v) is 4.32. The third-order valence-electron chi connectivity index (χ3n) is 4.00. The van der Waals surface area contributed by atoms with Crippen LogP contribution in [-0.4, -0.2) is 32.1 Å². The number of nitrogens with one attached hydrogen (secondary N) is 2. The largest absolute Gasteiger partial charge is 0.493 e. The first-order valence-corrected chi connectivity index (χ1v) is 8.83. The van der Waals surface area contributed by atoms with Gasteiger partial charge in [-0.05, 0) is 18.1 Å². The van der Waals surface area contributed by atoms with Gasteiger partial charge < -0.3 is 20.1 Å². The lowest BCUT2D eigenvalue weighted by Gasteiger charge is -2.22. The lowest BCUT2D eigenvalue weighted by molar-refractivity contribution is -0.118. The number of carbonyl (C=O) groups is 2. The molecule has 0 aliphatic heterocycles. The van der Waals surface area contributed by atoms with Crippen molar-refractivity contribution in [2.45, 2.75) is 19.9 Å². The minimum absolute atomic E-state index is 0.128. The summed E-state index contributed by atoms with van der Waals surface area (Å²) in [5, 5.41) is 5.83. The van der Waals surface area contributed by atoms with Crippen molar-refractivity contribution in [2.24, 2.45) is 5.92 Å². The molecule has 0 spiro atoms. The van der Waals surface area contributed by atoms with E-state index < -0.39 is 6.04 Å². The van der Waals surface area contributed by atoms with Crippen molar-refractivity contribution in [3.8, 4) is 11.5 Å². The van der Waals surface area contributed by atoms with Gasteiger partial charge in [0.1, 0.15) is 6.04 Å². The number of carbonyl (C=O) groups excluding carboxylic acids is 2. The van der Waals surface area contributed by atoms with Crippen molar-refractivity contribution in [1.82, 2.24) is 5.32 Å². The molecule has 0 aliphatic carbocycles. The van der Waals surface area contributed by atoms with Crippen LogP contribution in [0.3, 0.4) is 0 Å². The number of halogens is 1. The standard InChI is InChI=1S/C20H23ClN2O4/c1-12(2)18(23-19(24)13-8-6-5-7-9-13)20(25)22-15-11-17(27-4)16(26-3)10-14(15)21/h5-12,18H,1-4H3,(H,22,25)(H,23,24). The zero-order chi connectivity index (χ0) is 20.0. The minimum Gasteiger partial charge on any atom is -0.493 e. The van der Waals surface area contributed by atoms with Crippen LogP contribution < -0.4 is 20.1 Å². The Bertz CT molecular complexity index is 809. The molecule has 0 heterocycles. The smallest absolute Gasteiger partial charge is 0.251 e. The van der Waals surface area contributed by atoms with Crippen molar-refractivity contribution in [1.29, 1.82) is 0 Å². The summed E-state index contributed by atoms with van der Waals surface area (Å²) < 4.78 is 10.4. The highest BCUT2D eigenvalue weighted by Crippen LogP contribution is 2.36. The fraction of sp³-hybridized carbons (Fsp3) is 0.300. The van der Waals surface area contributed by atoms with Crippen molar-refractivity contribution >= 4 is 29.1 Å². The summed E-state index contributed by atoms with van der Waals surface area (Å²) in [4.78, 5) is 25.2. The fourth-order valence-electron chi connectivity index (χ4n) is 2.51. The molecule has 27 heavy (non-hydrogen) atoms. The molecule has 2 aromatic rings. The first-order chi connectivity index (χ1) is 12.9. The number of anilines is 1. The van der Waals surface area contributed by atoms with Gasteiger partial charge in [-0.3, -0.25) is 9.59 Å². The van der Waals surface area contributed by atoms with E-state index in [1.807, 2.05) is 19.9 Å². The first kappa shape index (κ1) is 20.6. The molecule has 144 valence electrons. The average molecular weight is 391 g/mol. The van der Waals surface area contributed by atoms with Gasteiger partial charge in [-0.25, -0.2) is 0 Å². The highest BCUT2D eigenvalue weighted by atomic mass is 35.5. The first-order valence-electron chi connectivity index (χ1n) is 8.45. The van der Waals surface area contributed by atoms with Crippen molar-refractivity contribution in [3.63, 3.8) is 0 Å². The van der Waals surface area contributed by atoms with E-state index in [0.717, 1.165) is 0 Å². The van der Waals surface area contributed by atoms with Gasteiger partial charge in [-0.15, -0.1) is 0 Å². The molecule has 0 bridgehead atoms. The van der Waals surface area contributed by atoms with Gasteiger partial charge in [0.05, 0.1) is 24.9 Å². The predicted molar refractivity (Wildman–Crippen MR) is 106 cm³/mol. The molecule has 1 unspecified atom stereocenters. The second kappa shape index (κ2) is 9.28. The number of ether oxygens (including phenoxy) is 2. The highest BCUT2D eigenvalue weighted by molar-refractivity contribution is 6.34. The Morgan fingerprint density at radius 3 is 2.15 bits per heavy atom. The van der Waals surface area contributed by atoms with E-state index >= 15 is 0 Å². The van der Waals surface area contributed by atoms with Gasteiger partial charge in [-0.1, -0.05) is 43.6 Å². The van der Waals surface area contributed by atoms with E-state index in [0.29, 0.717) is 27.8 Å². The molecule has 2 amide bonds. The lowest BCUT2D eigenvalue weighted by atomic mass is 10.0. The zero-order valence-electron chi connectivity index (χ0n) is 15.7. The van der Waals surface area contributed by atoms with Crippen molar-refractivity contribution in [2.75, 3.05) is 19.5 Å². The SMILES string of the molecule is COc1cc(Cl)c(NC(=O)C(NC(=O)c2ccccc2)C(C)C)cc1OC. The Morgan fingerprint density at radius 2 is 1.59 bits per heavy atom. The summed E-state index contributed by atoms with van der Waals surface area (Å²) in [6.07, 6.45) is 0. The average Bonchev–Trinajstić information content (AvgIpc) is 2.67. The van der Waals surface area contributed by atoms with Gasteiger partial charge in [0, 0.05) is 17.7 Å². The summed E-state index contributed by atoms with van der Waals surface area (Å²) in [6, 6.07) is 11.1. The van der Waals surface area contributed by atoms with Crippen LogP contribution in [0, 0.1) is 5.92 Å². The zero-order valence-corrected chi connectivity index (χ0v) is 16.5. The molecule has 0 aromatic heterocycles. The van der Waals surface area contributed by atoms with Gasteiger partial charge in [0.15, 0.2) is 11.5 Å². The topological polar surface area (TPSA) is 76.7 Å². The van der Waals surface area contributed by atoms with Crippen molar-refractivity contribution in [3.05, 3.63) is 53.1 Å². The molecule has 0 aliphatic rings. The summed E-state index contributed by atoms with van der Waals surface area (Å²) in [7, 11) is 2.99. The van der Waals surface area contributed by atoms with E-state index in [2.05, 4.69) is 10.6 Å². The van der Waals surface area contributed by atoms with Gasteiger partial charge in [0.25, 0.3) is 5.91 Å². The number of methoxy groups -OCH3 is 2. The van der Waals surface area contributed by atoms with Crippen LogP contribution in [0.5, 0.6) is 11.5 Å². The molecule has 0 saturated heterocycles. The summed E-state index contributed by atoms with van der Waals surface area (Å²) in [6.45, 7) is 3.71. The lowest BCUT2D eigenvalue weighted by Crippen LogP contribution is -2.47. The Balaban J connectivity index is 2.19. The molecular formula is C20H23ClN2O4. The maximum Gasteiger partial charge on any atom is 0.251 e. The predicted octanol–water partition coefficient (Wildman–Crippen LogP) is 3.75. The van der Waals surface area contributed by atoms with Crippen LogP contribution >= 0.6 is 11.6 Å². The summed E-state index contributed by atoms with van der Waals surface area (Å²) in [5.41, 5.74) is 0.860. The summed E-state index contributed by atoms with van der Waals surface area (Å²) in [5.74, 6) is 0.0766. The number of benzene rings is 2. The minimum atomic E-state index is -0.734. The number of hydrogen-bond acceptors (Lipinski definition) is 4. The Kier molecular flexibility index (Phi) is 7.07. The van der Waals surface area contributed by atoms with Crippen LogP contribution in [0.25, 0.3) is 0 Å². The Labute approximate surface area is 163 Å². The normalized spacial score (nSPS) is 11.6. The van der Waals surface area contributed by atoms with E-state index in [9.17, 15) is 9.59 Å². The fourth-order valence-corrected chi connectivity index (χ4v) is 2.71. The molecular weight excluding hydrogens is 368 g/mol. The van der Waals surface area contributed by atoms with E-state index in [4.69, 9.17) is 21.1 Å². The molecule has 2 aromatic carbocycles. The molecule has 0 radical (unpaired) electrons. The third kappa shape index (κ3) is 5.14. The van der Waals surface area contributed by atoms with E-state index in [1.165, 1.54) is 14.2 Å². The molecule has 0 saturated carbocycles. The number of amides is 2. The number of hydrogen-bond donors (Lipinski definition) is 2. The summed E-state index contributed by atoms with van der Waals surface area (Å²) >= 11 is 6.23. The molecule has 0 fully saturated rings. The van der Waals surface area contributed by atoms with Crippen LogP contribution in [0.4, 0.5) is 5.69 Å². The Hall–Kier alpha value is -2.73. The number of rotatable bonds is 7. The van der Waals surface area contributed by atoms with Crippen LogP contribution in [0.2, 0.25) is 5.02 Å². The quantitative estimate of drug-likeness (QED) is 0.754. The van der Waals surface area contributed by atoms with E-state index in [1.54, 1.807) is 36.4 Å². The second-order valence-corrected chi connectivity index (χ2v) is 6.64. The monoisotopic (exact) mass is 390 g/mol. The molecule has 7 heteroatoms. The van der Waals surface area contributed by atoms with Gasteiger partial charge in [-0.2, -0.15) is 0 Å². The molecule has 6 nitrogen and oxygen atoms in total. The Morgan fingerprint density at radius 1 is 1.00 bits per heavy atom. The van der Waals surface area contributed by atoms with Crippen molar-refractivity contribution < 1.29 is 19.1 Å². The van der Waals surface area contributed by atoms with Crippen LogP contribution in [0.15, 0.2) is 42.5 Å². The van der Waals surface area contributed by atoms with E-state index in [-0.39, 0.29) is 17.7 Å². The van der Waals surface area contributed by atoms with Gasteiger partial charge >= 0.3 is 0 Å². The van der Waals surface area contributed by atoms with Crippen LogP contribution in [-0.2, 0) is 4.79 Å². The highest BCUT2D eigenvalue weighted by Gasteiger charge is 2.25. The second-order valence-electron chi connectivity index (χ2n) is 6.24. The molecule has 2 N–H and O–H groups in total. The molecule has 1 atom stereocenters. The molecule has 2 rings (SSSR count). The maximum atomic E-state index is 12.8. The maximum absolute atomic E-state index is 12.8. The van der Waals surface area contributed by atoms with Crippen LogP contribution in [0.1, 0.15) is 24.2 Å². The van der Waals surface area contributed by atoms with Gasteiger partial charge in [0.2, 0.25) is 5.91 Å².